The Labute approximate surface area is 156 Å². The lowest BCUT2D eigenvalue weighted by Crippen LogP contribution is -2.46. The van der Waals surface area contributed by atoms with Gasteiger partial charge in [0.15, 0.2) is 10.5 Å². The summed E-state index contributed by atoms with van der Waals surface area (Å²) in [5, 5.41) is 11.2. The zero-order chi connectivity index (χ0) is 17.9. The summed E-state index contributed by atoms with van der Waals surface area (Å²) in [7, 11) is 0. The van der Waals surface area contributed by atoms with Gasteiger partial charge in [-0.1, -0.05) is 36.0 Å². The van der Waals surface area contributed by atoms with Crippen molar-refractivity contribution in [1.82, 2.24) is 4.98 Å². The van der Waals surface area contributed by atoms with Crippen LogP contribution in [0.5, 0.6) is 0 Å². The summed E-state index contributed by atoms with van der Waals surface area (Å²) in [4.78, 5) is 6.75. The first-order valence-electron chi connectivity index (χ1n) is 8.77. The van der Waals surface area contributed by atoms with Crippen LogP contribution in [0.2, 0.25) is 0 Å². The number of benzene rings is 1. The van der Waals surface area contributed by atoms with E-state index in [2.05, 4.69) is 28.1 Å². The highest BCUT2D eigenvalue weighted by atomic mass is 32.2. The molecule has 1 aromatic carbocycles. The van der Waals surface area contributed by atoms with Crippen LogP contribution < -0.4 is 4.90 Å². The monoisotopic (exact) mass is 365 g/mol. The number of aromatic nitrogens is 1. The van der Waals surface area contributed by atoms with Crippen molar-refractivity contribution in [1.29, 1.82) is 5.26 Å². The van der Waals surface area contributed by atoms with Crippen molar-refractivity contribution in [3.8, 4) is 6.07 Å². The molecule has 3 aliphatic rings. The Morgan fingerprint density at radius 1 is 1.19 bits per heavy atom. The number of rotatable bonds is 2. The third-order valence-corrected chi connectivity index (χ3v) is 6.67. The molecule has 0 N–H and O–H groups in total. The average Bonchev–Trinajstić information content (AvgIpc) is 3.21. The van der Waals surface area contributed by atoms with Crippen molar-refractivity contribution in [3.63, 3.8) is 0 Å². The largest absolute Gasteiger partial charge is 0.360 e. The summed E-state index contributed by atoms with van der Waals surface area (Å²) in [5.74, 6) is -0.618. The average molecular weight is 365 g/mol. The molecule has 1 aromatic heterocycles. The Morgan fingerprint density at radius 2 is 2.00 bits per heavy atom. The molecular weight excluding hydrogens is 346 g/mol. The van der Waals surface area contributed by atoms with E-state index in [1.165, 1.54) is 11.8 Å². The molecule has 6 heteroatoms. The van der Waals surface area contributed by atoms with Gasteiger partial charge < -0.3 is 14.4 Å². The number of nitriles is 1. The molecule has 132 valence electrons. The Balaban J connectivity index is 1.65. The molecule has 0 bridgehead atoms. The van der Waals surface area contributed by atoms with E-state index in [9.17, 15) is 5.26 Å². The molecule has 5 nitrogen and oxygen atoms in total. The predicted molar refractivity (Wildman–Crippen MR) is 98.8 cm³/mol. The first kappa shape index (κ1) is 16.1. The van der Waals surface area contributed by atoms with E-state index >= 15 is 0 Å². The Bertz CT molecular complexity index is 897. The molecule has 2 fully saturated rings. The van der Waals surface area contributed by atoms with Crippen LogP contribution in [-0.4, -0.2) is 35.6 Å². The van der Waals surface area contributed by atoms with E-state index in [-0.39, 0.29) is 18.2 Å². The van der Waals surface area contributed by atoms with E-state index in [0.717, 1.165) is 22.8 Å². The smallest absolute Gasteiger partial charge is 0.163 e. The number of hydrogen-bond donors (Lipinski definition) is 0. The van der Waals surface area contributed by atoms with Gasteiger partial charge in [0.2, 0.25) is 0 Å². The number of ether oxygens (including phenoxy) is 2. The zero-order valence-electron chi connectivity index (χ0n) is 14.6. The molecule has 5 rings (SSSR count). The highest BCUT2D eigenvalue weighted by Crippen LogP contribution is 2.59. The minimum Gasteiger partial charge on any atom is -0.360 e. The molecule has 0 amide bonds. The number of para-hydroxylation sites is 1. The third kappa shape index (κ3) is 2.14. The van der Waals surface area contributed by atoms with Crippen molar-refractivity contribution >= 4 is 17.4 Å². The Morgan fingerprint density at radius 3 is 2.77 bits per heavy atom. The molecule has 4 atom stereocenters. The minimum absolute atomic E-state index is 0.0274. The van der Waals surface area contributed by atoms with Crippen LogP contribution in [0.25, 0.3) is 0 Å². The maximum absolute atomic E-state index is 10.4. The van der Waals surface area contributed by atoms with E-state index in [1.54, 1.807) is 6.20 Å². The number of thioether (sulfide) groups is 1. The predicted octanol–water partition coefficient (Wildman–Crippen LogP) is 3.32. The van der Waals surface area contributed by atoms with Crippen LogP contribution >= 0.6 is 11.8 Å². The molecule has 3 aliphatic heterocycles. The van der Waals surface area contributed by atoms with E-state index in [0.29, 0.717) is 0 Å². The molecule has 0 spiro atoms. The van der Waals surface area contributed by atoms with Gasteiger partial charge in [0.25, 0.3) is 0 Å². The molecule has 0 aliphatic carbocycles. The SMILES string of the molecule is CC1(C)O[C@H]2[C@H](CN3c4ccccc4[C@](C#N)(Sc4ccccn4)[C@@H]23)O1. The van der Waals surface area contributed by atoms with Gasteiger partial charge in [-0.15, -0.1) is 0 Å². The fraction of sp³-hybridized carbons (Fsp3) is 0.400. The van der Waals surface area contributed by atoms with Gasteiger partial charge in [-0.2, -0.15) is 5.26 Å². The number of pyridine rings is 1. The van der Waals surface area contributed by atoms with Crippen LogP contribution in [-0.2, 0) is 14.2 Å². The molecule has 2 saturated heterocycles. The highest BCUT2D eigenvalue weighted by Gasteiger charge is 2.65. The fourth-order valence-electron chi connectivity index (χ4n) is 4.49. The third-order valence-electron chi connectivity index (χ3n) is 5.34. The van der Waals surface area contributed by atoms with Gasteiger partial charge in [0, 0.05) is 24.0 Å². The highest BCUT2D eigenvalue weighted by molar-refractivity contribution is 8.00. The lowest BCUT2D eigenvalue weighted by molar-refractivity contribution is -0.151. The summed E-state index contributed by atoms with van der Waals surface area (Å²) in [6.07, 6.45) is 1.59. The molecule has 0 saturated carbocycles. The van der Waals surface area contributed by atoms with E-state index in [4.69, 9.17) is 9.47 Å². The van der Waals surface area contributed by atoms with Crippen LogP contribution in [0.4, 0.5) is 5.69 Å². The van der Waals surface area contributed by atoms with Crippen molar-refractivity contribution < 1.29 is 9.47 Å². The number of anilines is 1. The van der Waals surface area contributed by atoms with Crippen LogP contribution in [0.3, 0.4) is 0 Å². The van der Waals surface area contributed by atoms with Gasteiger partial charge in [0.1, 0.15) is 12.2 Å². The van der Waals surface area contributed by atoms with Gasteiger partial charge >= 0.3 is 0 Å². The Hall–Kier alpha value is -2.07. The first-order valence-corrected chi connectivity index (χ1v) is 9.59. The molecule has 2 aromatic rings. The molecule has 4 heterocycles. The van der Waals surface area contributed by atoms with Crippen molar-refractivity contribution in [2.75, 3.05) is 11.4 Å². The summed E-state index contributed by atoms with van der Waals surface area (Å²) < 4.78 is 11.6. The standard InChI is InChI=1S/C20H19N3O2S/c1-19(2)24-15-11-23-14-8-4-3-7-13(14)20(12-21,18(23)17(15)25-19)26-16-9-5-6-10-22-16/h3-10,15,17-18H,11H2,1-2H3/t15-,17-,18+,20-/m0/s1. The first-order chi connectivity index (χ1) is 12.5. The topological polar surface area (TPSA) is 58.4 Å². The van der Waals surface area contributed by atoms with Crippen molar-refractivity contribution in [3.05, 3.63) is 54.2 Å². The van der Waals surface area contributed by atoms with Crippen LogP contribution in [0.15, 0.2) is 53.7 Å². The second-order valence-electron chi connectivity index (χ2n) is 7.37. The van der Waals surface area contributed by atoms with E-state index in [1.807, 2.05) is 44.2 Å². The quantitative estimate of drug-likeness (QED) is 0.814. The maximum Gasteiger partial charge on any atom is 0.163 e. The normalized spacial score (nSPS) is 33.4. The molecule has 0 unspecified atom stereocenters. The van der Waals surface area contributed by atoms with Crippen LogP contribution in [0.1, 0.15) is 19.4 Å². The maximum atomic E-state index is 10.4. The summed E-state index contributed by atoms with van der Waals surface area (Å²) in [6, 6.07) is 16.5. The van der Waals surface area contributed by atoms with Gasteiger partial charge in [-0.25, -0.2) is 4.98 Å². The summed E-state index contributed by atoms with van der Waals surface area (Å²) >= 11 is 1.52. The zero-order valence-corrected chi connectivity index (χ0v) is 15.4. The van der Waals surface area contributed by atoms with Gasteiger partial charge in [-0.3, -0.25) is 0 Å². The van der Waals surface area contributed by atoms with Crippen LogP contribution in [0, 0.1) is 11.3 Å². The minimum atomic E-state index is -0.784. The second kappa shape index (κ2) is 5.46. The van der Waals surface area contributed by atoms with Crippen molar-refractivity contribution in [2.24, 2.45) is 0 Å². The number of nitrogens with zero attached hydrogens (tertiary/aromatic N) is 3. The number of fused-ring (bicyclic) bond motifs is 5. The summed E-state index contributed by atoms with van der Waals surface area (Å²) in [6.45, 7) is 4.62. The molecule has 0 radical (unpaired) electrons. The fourth-order valence-corrected chi connectivity index (χ4v) is 5.79. The lowest BCUT2D eigenvalue weighted by Gasteiger charge is -2.33. The molecule has 26 heavy (non-hydrogen) atoms. The summed E-state index contributed by atoms with van der Waals surface area (Å²) in [5.41, 5.74) is 2.14. The second-order valence-corrected chi connectivity index (χ2v) is 8.64. The Kier molecular flexibility index (Phi) is 3.39. The van der Waals surface area contributed by atoms with E-state index < -0.39 is 10.5 Å². The van der Waals surface area contributed by atoms with Crippen molar-refractivity contribution in [2.45, 2.75) is 47.7 Å². The van der Waals surface area contributed by atoms with Gasteiger partial charge in [-0.05, 0) is 32.0 Å². The molecular formula is C20H19N3O2S. The lowest BCUT2D eigenvalue weighted by atomic mass is 9.91. The number of hydrogen-bond acceptors (Lipinski definition) is 6. The van der Waals surface area contributed by atoms with Gasteiger partial charge in [0.05, 0.1) is 17.1 Å².